The number of benzene rings is 2. The predicted octanol–water partition coefficient (Wildman–Crippen LogP) is 3.97. The Morgan fingerprint density at radius 2 is 1.88 bits per heavy atom. The first-order valence-electron chi connectivity index (χ1n) is 10.2. The summed E-state index contributed by atoms with van der Waals surface area (Å²) in [6.07, 6.45) is -2.85. The standard InChI is InChI=1S/C22H21F3N4O3S/c1-3-10-32-13-19-28-27-18-12-26-21(14-6-4-7-15(11-14)33(2,30)31)20-16(22(23,24)25)8-5-9-17(20)29(18)19/h4-9,11H,3,10,12-13H2,1-2H3. The molecule has 0 saturated carbocycles. The van der Waals surface area contributed by atoms with Gasteiger partial charge in [0, 0.05) is 24.0 Å². The van der Waals surface area contributed by atoms with Crippen molar-refractivity contribution >= 4 is 15.5 Å². The van der Waals surface area contributed by atoms with E-state index in [1.165, 1.54) is 28.8 Å². The highest BCUT2D eigenvalue weighted by Gasteiger charge is 2.37. The highest BCUT2D eigenvalue weighted by Crippen LogP contribution is 2.38. The van der Waals surface area contributed by atoms with Crippen LogP contribution in [0.4, 0.5) is 13.2 Å². The molecule has 0 saturated heterocycles. The number of hydrogen-bond donors (Lipinski definition) is 0. The minimum atomic E-state index is -4.67. The van der Waals surface area contributed by atoms with Crippen molar-refractivity contribution in [2.24, 2.45) is 4.99 Å². The minimum Gasteiger partial charge on any atom is -0.373 e. The molecule has 0 amide bonds. The predicted molar refractivity (Wildman–Crippen MR) is 115 cm³/mol. The Kier molecular flexibility index (Phi) is 6.10. The van der Waals surface area contributed by atoms with Crippen LogP contribution < -0.4 is 0 Å². The van der Waals surface area contributed by atoms with Crippen LogP contribution in [0.1, 0.15) is 41.7 Å². The number of aliphatic imine (C=N–C) groups is 1. The summed E-state index contributed by atoms with van der Waals surface area (Å²) in [5.41, 5.74) is -0.537. The van der Waals surface area contributed by atoms with Crippen LogP contribution in [0.2, 0.25) is 0 Å². The Balaban J connectivity index is 1.96. The maximum absolute atomic E-state index is 14.1. The lowest BCUT2D eigenvalue weighted by Crippen LogP contribution is -2.18. The third-order valence-electron chi connectivity index (χ3n) is 5.12. The van der Waals surface area contributed by atoms with Gasteiger partial charge in [-0.2, -0.15) is 13.2 Å². The van der Waals surface area contributed by atoms with E-state index in [0.717, 1.165) is 18.7 Å². The summed E-state index contributed by atoms with van der Waals surface area (Å²) in [6, 6.07) is 9.60. The molecule has 0 aliphatic carbocycles. The second-order valence-corrected chi connectivity index (χ2v) is 9.60. The Morgan fingerprint density at radius 3 is 2.58 bits per heavy atom. The van der Waals surface area contributed by atoms with Crippen LogP contribution in [0.5, 0.6) is 0 Å². The molecule has 0 atom stereocenters. The van der Waals surface area contributed by atoms with Crippen molar-refractivity contribution in [3.05, 3.63) is 70.8 Å². The summed E-state index contributed by atoms with van der Waals surface area (Å²) < 4.78 is 73.5. The van der Waals surface area contributed by atoms with Gasteiger partial charge in [0.25, 0.3) is 0 Å². The third-order valence-corrected chi connectivity index (χ3v) is 6.23. The topological polar surface area (TPSA) is 86.4 Å². The van der Waals surface area contributed by atoms with Crippen molar-refractivity contribution in [2.45, 2.75) is 37.6 Å². The molecule has 0 fully saturated rings. The van der Waals surface area contributed by atoms with Gasteiger partial charge >= 0.3 is 6.18 Å². The van der Waals surface area contributed by atoms with E-state index in [1.807, 2.05) is 6.92 Å². The van der Waals surface area contributed by atoms with Crippen molar-refractivity contribution in [2.75, 3.05) is 12.9 Å². The van der Waals surface area contributed by atoms with Gasteiger partial charge in [-0.05, 0) is 30.7 Å². The second-order valence-electron chi connectivity index (χ2n) is 7.58. The molecule has 0 bridgehead atoms. The van der Waals surface area contributed by atoms with Gasteiger partial charge in [-0.15, -0.1) is 10.2 Å². The molecule has 2 heterocycles. The maximum atomic E-state index is 14.1. The minimum absolute atomic E-state index is 0.00829. The summed E-state index contributed by atoms with van der Waals surface area (Å²) in [4.78, 5) is 4.43. The fourth-order valence-electron chi connectivity index (χ4n) is 3.69. The second kappa shape index (κ2) is 8.71. The van der Waals surface area contributed by atoms with Crippen LogP contribution in [-0.2, 0) is 33.9 Å². The molecule has 0 N–H and O–H groups in total. The molecule has 0 radical (unpaired) electrons. The lowest BCUT2D eigenvalue weighted by Gasteiger charge is -2.19. The molecular weight excluding hydrogens is 457 g/mol. The van der Waals surface area contributed by atoms with Gasteiger partial charge < -0.3 is 4.74 Å². The molecule has 0 spiro atoms. The largest absolute Gasteiger partial charge is 0.417 e. The average Bonchev–Trinajstić information content (AvgIpc) is 3.07. The number of hydrogen-bond acceptors (Lipinski definition) is 6. The molecule has 1 aliphatic rings. The fourth-order valence-corrected chi connectivity index (χ4v) is 4.35. The number of sulfone groups is 1. The van der Waals surface area contributed by atoms with Gasteiger partial charge in [0.15, 0.2) is 21.5 Å². The molecule has 3 aromatic rings. The number of fused-ring (bicyclic) bond motifs is 3. The van der Waals surface area contributed by atoms with Gasteiger partial charge in [-0.25, -0.2) is 8.42 Å². The van der Waals surface area contributed by atoms with E-state index in [4.69, 9.17) is 4.74 Å². The summed E-state index contributed by atoms with van der Waals surface area (Å²) in [5, 5.41) is 8.22. The summed E-state index contributed by atoms with van der Waals surface area (Å²) in [6.45, 7) is 2.46. The van der Waals surface area contributed by atoms with Gasteiger partial charge in [0.1, 0.15) is 13.2 Å². The summed E-state index contributed by atoms with van der Waals surface area (Å²) >= 11 is 0. The molecule has 2 aromatic carbocycles. The molecule has 7 nitrogen and oxygen atoms in total. The van der Waals surface area contributed by atoms with E-state index in [9.17, 15) is 21.6 Å². The van der Waals surface area contributed by atoms with E-state index in [0.29, 0.717) is 18.3 Å². The molecule has 0 unspecified atom stereocenters. The van der Waals surface area contributed by atoms with E-state index in [1.54, 1.807) is 12.1 Å². The molecule has 33 heavy (non-hydrogen) atoms. The van der Waals surface area contributed by atoms with Gasteiger partial charge in [-0.3, -0.25) is 9.56 Å². The molecular formula is C22H21F3N4O3S. The maximum Gasteiger partial charge on any atom is 0.417 e. The smallest absolute Gasteiger partial charge is 0.373 e. The Labute approximate surface area is 188 Å². The number of rotatable bonds is 6. The number of nitrogens with zero attached hydrogens (tertiary/aromatic N) is 4. The average molecular weight is 478 g/mol. The zero-order valence-corrected chi connectivity index (χ0v) is 18.7. The van der Waals surface area contributed by atoms with E-state index < -0.39 is 21.6 Å². The van der Waals surface area contributed by atoms with Crippen molar-refractivity contribution in [1.29, 1.82) is 0 Å². The lowest BCUT2D eigenvalue weighted by molar-refractivity contribution is -0.137. The highest BCUT2D eigenvalue weighted by molar-refractivity contribution is 7.90. The van der Waals surface area contributed by atoms with Gasteiger partial charge in [-0.1, -0.05) is 25.1 Å². The summed E-state index contributed by atoms with van der Waals surface area (Å²) in [5.74, 6) is 0.723. The van der Waals surface area contributed by atoms with Crippen LogP contribution >= 0.6 is 0 Å². The van der Waals surface area contributed by atoms with Crippen LogP contribution in [0.25, 0.3) is 5.69 Å². The zero-order valence-electron chi connectivity index (χ0n) is 17.9. The molecule has 11 heteroatoms. The van der Waals surface area contributed by atoms with Gasteiger partial charge in [0.2, 0.25) is 0 Å². The quantitative estimate of drug-likeness (QED) is 0.501. The number of ether oxygens (including phenoxy) is 1. The van der Waals surface area contributed by atoms with Crippen LogP contribution in [0.15, 0.2) is 52.4 Å². The van der Waals surface area contributed by atoms with Gasteiger partial charge in [0.05, 0.1) is 21.9 Å². The Bertz CT molecular complexity index is 1330. The molecule has 1 aliphatic heterocycles. The monoisotopic (exact) mass is 478 g/mol. The Hall–Kier alpha value is -3.05. The first-order chi connectivity index (χ1) is 15.6. The van der Waals surface area contributed by atoms with Crippen molar-refractivity contribution in [3.63, 3.8) is 0 Å². The van der Waals surface area contributed by atoms with E-state index in [-0.39, 0.29) is 40.6 Å². The number of alkyl halides is 3. The van der Waals surface area contributed by atoms with Crippen molar-refractivity contribution < 1.29 is 26.3 Å². The Morgan fingerprint density at radius 1 is 1.12 bits per heavy atom. The third kappa shape index (κ3) is 4.55. The lowest BCUT2D eigenvalue weighted by atomic mass is 9.95. The first kappa shape index (κ1) is 23.1. The van der Waals surface area contributed by atoms with E-state index >= 15 is 0 Å². The molecule has 174 valence electrons. The van der Waals surface area contributed by atoms with Crippen LogP contribution in [-0.4, -0.2) is 41.8 Å². The first-order valence-corrected chi connectivity index (χ1v) is 12.1. The zero-order chi connectivity index (χ0) is 23.8. The number of halogens is 3. The van der Waals surface area contributed by atoms with Crippen LogP contribution in [0, 0.1) is 0 Å². The molecule has 1 aromatic heterocycles. The van der Waals surface area contributed by atoms with E-state index in [2.05, 4.69) is 15.2 Å². The SMILES string of the molecule is CCCOCc1nnc2n1-c1cccc(C(F)(F)F)c1C(c1cccc(S(C)(=O)=O)c1)=NC2. The van der Waals surface area contributed by atoms with Crippen molar-refractivity contribution in [3.8, 4) is 5.69 Å². The summed E-state index contributed by atoms with van der Waals surface area (Å²) in [7, 11) is -3.57. The van der Waals surface area contributed by atoms with Crippen molar-refractivity contribution in [1.82, 2.24) is 14.8 Å². The van der Waals surface area contributed by atoms with Crippen LogP contribution in [0.3, 0.4) is 0 Å². The highest BCUT2D eigenvalue weighted by atomic mass is 32.2. The molecule has 4 rings (SSSR count). The number of aromatic nitrogens is 3. The normalized spacial score (nSPS) is 13.8. The fraction of sp³-hybridized carbons (Fsp3) is 0.318.